The minimum atomic E-state index is -0.313. The first-order valence-electron chi connectivity index (χ1n) is 8.27. The molecule has 24 heavy (non-hydrogen) atoms. The van der Waals surface area contributed by atoms with Gasteiger partial charge in [-0.1, -0.05) is 0 Å². The smallest absolute Gasteiger partial charge is 0.225 e. The van der Waals surface area contributed by atoms with Crippen molar-refractivity contribution in [3.8, 4) is 6.07 Å². The Balaban J connectivity index is 1.54. The molecule has 1 atom stereocenters. The van der Waals surface area contributed by atoms with Gasteiger partial charge in [-0.2, -0.15) is 5.26 Å². The summed E-state index contributed by atoms with van der Waals surface area (Å²) in [7, 11) is 0. The standard InChI is InChI=1S/C17H21N5O2/c18-9-12-1-2-15(20-10-12)21-6-3-13(4-7-21)17(24)22-8-5-14(11-22)16(19)23/h1-2,10,13-14H,3-8,11H2,(H2,19,23)/t14-/m1/s1. The summed E-state index contributed by atoms with van der Waals surface area (Å²) in [5.74, 6) is 0.483. The van der Waals surface area contributed by atoms with Gasteiger partial charge in [-0.3, -0.25) is 9.59 Å². The first-order chi connectivity index (χ1) is 11.6. The third kappa shape index (κ3) is 3.32. The quantitative estimate of drug-likeness (QED) is 0.871. The lowest BCUT2D eigenvalue weighted by Crippen LogP contribution is -2.42. The molecule has 3 rings (SSSR count). The SMILES string of the molecule is N#Cc1ccc(N2CCC(C(=O)N3CC[C@@H](C(N)=O)C3)CC2)nc1. The number of nitrogens with two attached hydrogens (primary N) is 1. The largest absolute Gasteiger partial charge is 0.369 e. The number of nitrogens with zero attached hydrogens (tertiary/aromatic N) is 4. The average Bonchev–Trinajstić information content (AvgIpc) is 3.12. The predicted molar refractivity (Wildman–Crippen MR) is 87.8 cm³/mol. The molecular weight excluding hydrogens is 306 g/mol. The van der Waals surface area contributed by atoms with E-state index in [1.165, 1.54) is 0 Å². The number of piperidine rings is 1. The van der Waals surface area contributed by atoms with E-state index >= 15 is 0 Å². The van der Waals surface area contributed by atoms with Crippen molar-refractivity contribution in [1.82, 2.24) is 9.88 Å². The van der Waals surface area contributed by atoms with Crippen molar-refractivity contribution in [2.75, 3.05) is 31.1 Å². The number of primary amides is 1. The first kappa shape index (κ1) is 16.2. The van der Waals surface area contributed by atoms with Gasteiger partial charge in [-0.15, -0.1) is 0 Å². The molecule has 2 amide bonds. The van der Waals surface area contributed by atoms with Crippen LogP contribution in [0.2, 0.25) is 0 Å². The maximum Gasteiger partial charge on any atom is 0.225 e. The molecule has 2 aliphatic rings. The lowest BCUT2D eigenvalue weighted by Gasteiger charge is -2.33. The van der Waals surface area contributed by atoms with E-state index in [0.29, 0.717) is 25.1 Å². The fraction of sp³-hybridized carbons (Fsp3) is 0.529. The van der Waals surface area contributed by atoms with Crippen LogP contribution < -0.4 is 10.6 Å². The number of anilines is 1. The molecule has 7 heteroatoms. The Labute approximate surface area is 141 Å². The number of carbonyl (C=O) groups excluding carboxylic acids is 2. The zero-order valence-electron chi connectivity index (χ0n) is 13.5. The summed E-state index contributed by atoms with van der Waals surface area (Å²) in [6.07, 6.45) is 3.80. The van der Waals surface area contributed by atoms with E-state index in [-0.39, 0.29) is 23.7 Å². The summed E-state index contributed by atoms with van der Waals surface area (Å²) in [5, 5.41) is 8.82. The van der Waals surface area contributed by atoms with Crippen molar-refractivity contribution in [2.24, 2.45) is 17.6 Å². The number of amides is 2. The monoisotopic (exact) mass is 327 g/mol. The second-order valence-corrected chi connectivity index (χ2v) is 6.45. The van der Waals surface area contributed by atoms with Crippen LogP contribution in [0.5, 0.6) is 0 Å². The third-order valence-corrected chi connectivity index (χ3v) is 4.95. The molecule has 0 saturated carbocycles. The van der Waals surface area contributed by atoms with Crippen LogP contribution in [0.3, 0.4) is 0 Å². The van der Waals surface area contributed by atoms with E-state index in [2.05, 4.69) is 16.0 Å². The number of hydrogen-bond acceptors (Lipinski definition) is 5. The molecule has 7 nitrogen and oxygen atoms in total. The number of rotatable bonds is 3. The van der Waals surface area contributed by atoms with Crippen LogP contribution in [0.1, 0.15) is 24.8 Å². The Bertz CT molecular complexity index is 659. The zero-order chi connectivity index (χ0) is 17.1. The van der Waals surface area contributed by atoms with Gasteiger partial charge < -0.3 is 15.5 Å². The lowest BCUT2D eigenvalue weighted by atomic mass is 9.95. The van der Waals surface area contributed by atoms with Gasteiger partial charge >= 0.3 is 0 Å². The molecule has 2 fully saturated rings. The second kappa shape index (κ2) is 6.87. The molecule has 0 aromatic carbocycles. The Morgan fingerprint density at radius 2 is 1.88 bits per heavy atom. The van der Waals surface area contributed by atoms with E-state index in [0.717, 1.165) is 31.7 Å². The number of likely N-dealkylation sites (tertiary alicyclic amines) is 1. The summed E-state index contributed by atoms with van der Waals surface area (Å²) in [6.45, 7) is 2.63. The van der Waals surface area contributed by atoms with Crippen molar-refractivity contribution in [2.45, 2.75) is 19.3 Å². The molecule has 0 radical (unpaired) electrons. The Hall–Kier alpha value is -2.62. The summed E-state index contributed by atoms with van der Waals surface area (Å²) < 4.78 is 0. The number of hydrogen-bond donors (Lipinski definition) is 1. The summed E-state index contributed by atoms with van der Waals surface area (Å²) in [6, 6.07) is 5.66. The van der Waals surface area contributed by atoms with Crippen LogP contribution in [0.25, 0.3) is 0 Å². The topological polar surface area (TPSA) is 103 Å². The van der Waals surface area contributed by atoms with Crippen LogP contribution in [0.15, 0.2) is 18.3 Å². The fourth-order valence-corrected chi connectivity index (χ4v) is 3.45. The van der Waals surface area contributed by atoms with Crippen LogP contribution in [-0.4, -0.2) is 47.9 Å². The van der Waals surface area contributed by atoms with Crippen LogP contribution >= 0.6 is 0 Å². The molecule has 3 heterocycles. The molecule has 126 valence electrons. The predicted octanol–water partition coefficient (Wildman–Crippen LogP) is 0.503. The van der Waals surface area contributed by atoms with Gasteiger partial charge in [0.2, 0.25) is 11.8 Å². The van der Waals surface area contributed by atoms with Crippen molar-refractivity contribution >= 4 is 17.6 Å². The van der Waals surface area contributed by atoms with Gasteiger partial charge in [0.15, 0.2) is 0 Å². The number of carbonyl (C=O) groups is 2. The highest BCUT2D eigenvalue weighted by Gasteiger charge is 2.34. The molecule has 2 saturated heterocycles. The van der Waals surface area contributed by atoms with E-state index in [1.807, 2.05) is 6.07 Å². The Kier molecular flexibility index (Phi) is 4.65. The normalized spacial score (nSPS) is 21.5. The highest BCUT2D eigenvalue weighted by molar-refractivity contribution is 5.82. The summed E-state index contributed by atoms with van der Waals surface area (Å²) in [4.78, 5) is 32.1. The fourth-order valence-electron chi connectivity index (χ4n) is 3.45. The van der Waals surface area contributed by atoms with Crippen molar-refractivity contribution in [1.29, 1.82) is 5.26 Å². The average molecular weight is 327 g/mol. The molecule has 0 bridgehead atoms. The van der Waals surface area contributed by atoms with Gasteiger partial charge in [0, 0.05) is 38.3 Å². The van der Waals surface area contributed by atoms with Crippen molar-refractivity contribution < 1.29 is 9.59 Å². The Morgan fingerprint density at radius 3 is 2.42 bits per heavy atom. The molecular formula is C17H21N5O2. The van der Waals surface area contributed by atoms with Crippen molar-refractivity contribution in [3.63, 3.8) is 0 Å². The minimum absolute atomic E-state index is 0.00579. The molecule has 2 N–H and O–H groups in total. The van der Waals surface area contributed by atoms with E-state index in [4.69, 9.17) is 11.0 Å². The van der Waals surface area contributed by atoms with Crippen molar-refractivity contribution in [3.05, 3.63) is 23.9 Å². The first-order valence-corrected chi connectivity index (χ1v) is 8.27. The maximum absolute atomic E-state index is 12.6. The third-order valence-electron chi connectivity index (χ3n) is 4.95. The van der Waals surface area contributed by atoms with Crippen LogP contribution in [0, 0.1) is 23.2 Å². The van der Waals surface area contributed by atoms with E-state index < -0.39 is 0 Å². The zero-order valence-corrected chi connectivity index (χ0v) is 13.5. The molecule has 0 aliphatic carbocycles. The second-order valence-electron chi connectivity index (χ2n) is 6.45. The number of nitriles is 1. The molecule has 1 aromatic rings. The van der Waals surface area contributed by atoms with Gasteiger partial charge in [0.25, 0.3) is 0 Å². The van der Waals surface area contributed by atoms with E-state index in [1.54, 1.807) is 17.2 Å². The molecule has 0 spiro atoms. The highest BCUT2D eigenvalue weighted by Crippen LogP contribution is 2.26. The number of aromatic nitrogens is 1. The lowest BCUT2D eigenvalue weighted by molar-refractivity contribution is -0.135. The Morgan fingerprint density at radius 1 is 1.17 bits per heavy atom. The molecule has 2 aliphatic heterocycles. The van der Waals surface area contributed by atoms with Gasteiger partial charge in [-0.25, -0.2) is 4.98 Å². The summed E-state index contributed by atoms with van der Waals surface area (Å²) >= 11 is 0. The van der Waals surface area contributed by atoms with Gasteiger partial charge in [-0.05, 0) is 31.4 Å². The van der Waals surface area contributed by atoms with Crippen LogP contribution in [-0.2, 0) is 9.59 Å². The summed E-state index contributed by atoms with van der Waals surface area (Å²) in [5.41, 5.74) is 5.87. The highest BCUT2D eigenvalue weighted by atomic mass is 16.2. The minimum Gasteiger partial charge on any atom is -0.369 e. The maximum atomic E-state index is 12.6. The molecule has 1 aromatic heterocycles. The number of pyridine rings is 1. The molecule has 0 unspecified atom stereocenters. The van der Waals surface area contributed by atoms with Gasteiger partial charge in [0.05, 0.1) is 11.5 Å². The van der Waals surface area contributed by atoms with Crippen LogP contribution in [0.4, 0.5) is 5.82 Å². The van der Waals surface area contributed by atoms with Gasteiger partial charge in [0.1, 0.15) is 11.9 Å². The van der Waals surface area contributed by atoms with E-state index in [9.17, 15) is 9.59 Å².